The average molecular weight is 489 g/mol. The standard InChI is InChI=1S/C29H36N4O3/c1-3-30-16-17-31(23-30)14-8-9-15-32-18-19-33(24-32)20-26-11-6-7-13-28(26)22-36-29(34)35-21-27-12-5-4-10-25(27)2/h4-7,10-13,16-19,23-24H,3,8-9,14-15,20-22H2,1-2H3/q+2. The highest BCUT2D eigenvalue weighted by Gasteiger charge is 2.12. The van der Waals surface area contributed by atoms with Crippen molar-refractivity contribution in [3.05, 3.63) is 108 Å². The number of carbonyl (C=O) groups excluding carboxylic acids is 1. The quantitative estimate of drug-likeness (QED) is 0.167. The number of benzene rings is 2. The minimum Gasteiger partial charge on any atom is -0.429 e. The van der Waals surface area contributed by atoms with Crippen LogP contribution in [0.3, 0.4) is 0 Å². The summed E-state index contributed by atoms with van der Waals surface area (Å²) in [5.74, 6) is 0. The highest BCUT2D eigenvalue weighted by atomic mass is 16.7. The van der Waals surface area contributed by atoms with Crippen molar-refractivity contribution in [2.75, 3.05) is 0 Å². The number of nitrogens with zero attached hydrogens (tertiary/aromatic N) is 4. The molecule has 36 heavy (non-hydrogen) atoms. The predicted molar refractivity (Wildman–Crippen MR) is 136 cm³/mol. The van der Waals surface area contributed by atoms with E-state index in [1.165, 1.54) is 0 Å². The number of rotatable bonds is 12. The first-order valence-corrected chi connectivity index (χ1v) is 12.6. The summed E-state index contributed by atoms with van der Waals surface area (Å²) in [5.41, 5.74) is 4.15. The molecule has 0 fully saturated rings. The molecule has 2 heterocycles. The summed E-state index contributed by atoms with van der Waals surface area (Å²) >= 11 is 0. The van der Waals surface area contributed by atoms with E-state index < -0.39 is 6.16 Å². The van der Waals surface area contributed by atoms with Gasteiger partial charge in [-0.3, -0.25) is 0 Å². The lowest BCUT2D eigenvalue weighted by Crippen LogP contribution is -2.32. The molecule has 0 saturated carbocycles. The fourth-order valence-electron chi connectivity index (χ4n) is 4.15. The molecule has 0 aliphatic carbocycles. The maximum Gasteiger partial charge on any atom is 0.508 e. The summed E-state index contributed by atoms with van der Waals surface area (Å²) in [5, 5.41) is 0. The van der Waals surface area contributed by atoms with Crippen molar-refractivity contribution in [3.8, 4) is 0 Å². The van der Waals surface area contributed by atoms with E-state index in [1.807, 2.05) is 49.4 Å². The number of aryl methyl sites for hydroxylation is 4. The second kappa shape index (κ2) is 12.7. The second-order valence-corrected chi connectivity index (χ2v) is 9.04. The third-order valence-corrected chi connectivity index (χ3v) is 6.36. The summed E-state index contributed by atoms with van der Waals surface area (Å²) in [6.45, 7) is 8.28. The van der Waals surface area contributed by atoms with Crippen LogP contribution in [0.25, 0.3) is 0 Å². The molecule has 188 valence electrons. The van der Waals surface area contributed by atoms with Crippen LogP contribution in [0, 0.1) is 6.92 Å². The summed E-state index contributed by atoms with van der Waals surface area (Å²) in [6.07, 6.45) is 14.3. The van der Waals surface area contributed by atoms with E-state index in [2.05, 4.69) is 68.7 Å². The van der Waals surface area contributed by atoms with Crippen LogP contribution in [0.2, 0.25) is 0 Å². The van der Waals surface area contributed by atoms with Crippen molar-refractivity contribution >= 4 is 6.16 Å². The van der Waals surface area contributed by atoms with Gasteiger partial charge in [-0.25, -0.2) is 23.1 Å². The molecule has 0 aliphatic rings. The van der Waals surface area contributed by atoms with Crippen LogP contribution in [0.1, 0.15) is 42.0 Å². The minimum atomic E-state index is -0.656. The SMILES string of the molecule is CCn1cc[n+](CCCCn2cc[n+](Cc3ccccc3COC(=O)OCc3ccccc3C)c2)c1. The van der Waals surface area contributed by atoms with Crippen molar-refractivity contribution in [3.63, 3.8) is 0 Å². The molecule has 0 bridgehead atoms. The van der Waals surface area contributed by atoms with Crippen LogP contribution in [0.5, 0.6) is 0 Å². The monoisotopic (exact) mass is 488 g/mol. The molecule has 0 aliphatic heterocycles. The highest BCUT2D eigenvalue weighted by molar-refractivity contribution is 5.60. The third kappa shape index (κ3) is 7.31. The maximum absolute atomic E-state index is 12.2. The van der Waals surface area contributed by atoms with Gasteiger partial charge in [0.25, 0.3) is 0 Å². The van der Waals surface area contributed by atoms with Crippen molar-refractivity contribution in [1.82, 2.24) is 9.13 Å². The Hall–Kier alpha value is -3.87. The number of hydrogen-bond acceptors (Lipinski definition) is 3. The fraction of sp³-hybridized carbons (Fsp3) is 0.345. The molecule has 0 radical (unpaired) electrons. The predicted octanol–water partition coefficient (Wildman–Crippen LogP) is 4.58. The van der Waals surface area contributed by atoms with Gasteiger partial charge in [0.2, 0.25) is 12.7 Å². The molecule has 2 aromatic heterocycles. The number of hydrogen-bond donors (Lipinski definition) is 0. The normalized spacial score (nSPS) is 10.9. The Kier molecular flexibility index (Phi) is 8.92. The van der Waals surface area contributed by atoms with E-state index >= 15 is 0 Å². The van der Waals surface area contributed by atoms with Gasteiger partial charge < -0.3 is 9.47 Å². The van der Waals surface area contributed by atoms with Crippen molar-refractivity contribution in [2.45, 2.75) is 66.1 Å². The summed E-state index contributed by atoms with van der Waals surface area (Å²) < 4.78 is 19.5. The molecule has 0 N–H and O–H groups in total. The number of carbonyl (C=O) groups is 1. The van der Waals surface area contributed by atoms with Crippen LogP contribution < -0.4 is 9.13 Å². The average Bonchev–Trinajstić information content (AvgIpc) is 3.55. The lowest BCUT2D eigenvalue weighted by molar-refractivity contribution is -0.697. The van der Waals surface area contributed by atoms with Crippen LogP contribution in [0.15, 0.2) is 86.0 Å². The zero-order valence-electron chi connectivity index (χ0n) is 21.3. The van der Waals surface area contributed by atoms with E-state index in [-0.39, 0.29) is 13.2 Å². The van der Waals surface area contributed by atoms with E-state index in [4.69, 9.17) is 9.47 Å². The smallest absolute Gasteiger partial charge is 0.429 e. The Morgan fingerprint density at radius 1 is 0.806 bits per heavy atom. The van der Waals surface area contributed by atoms with Crippen molar-refractivity contribution in [2.24, 2.45) is 0 Å². The van der Waals surface area contributed by atoms with Gasteiger partial charge in [-0.15, -0.1) is 0 Å². The Bertz CT molecular complexity index is 1260. The zero-order valence-corrected chi connectivity index (χ0v) is 21.3. The van der Waals surface area contributed by atoms with Gasteiger partial charge in [-0.1, -0.05) is 48.5 Å². The van der Waals surface area contributed by atoms with Crippen LogP contribution >= 0.6 is 0 Å². The molecular weight excluding hydrogens is 452 g/mol. The molecule has 0 spiro atoms. The van der Waals surface area contributed by atoms with E-state index in [1.54, 1.807) is 0 Å². The molecule has 7 nitrogen and oxygen atoms in total. The number of imidazole rings is 2. The number of aromatic nitrogens is 4. The third-order valence-electron chi connectivity index (χ3n) is 6.36. The van der Waals surface area contributed by atoms with Gasteiger partial charge in [0.15, 0.2) is 0 Å². The molecule has 0 atom stereocenters. The summed E-state index contributed by atoms with van der Waals surface area (Å²) in [7, 11) is 0. The molecular formula is C29H36N4O3+2. The molecule has 0 saturated heterocycles. The van der Waals surface area contributed by atoms with E-state index in [0.29, 0.717) is 6.54 Å². The molecule has 7 heteroatoms. The molecule has 2 aromatic carbocycles. The first-order valence-electron chi connectivity index (χ1n) is 12.6. The zero-order chi connectivity index (χ0) is 25.2. The lowest BCUT2D eigenvalue weighted by atomic mass is 10.1. The van der Waals surface area contributed by atoms with Gasteiger partial charge >= 0.3 is 6.16 Å². The fourth-order valence-corrected chi connectivity index (χ4v) is 4.15. The number of ether oxygens (including phenoxy) is 2. The van der Waals surface area contributed by atoms with Crippen LogP contribution in [-0.4, -0.2) is 15.3 Å². The Morgan fingerprint density at radius 3 is 2.19 bits per heavy atom. The maximum atomic E-state index is 12.2. The molecule has 0 unspecified atom stereocenters. The van der Waals surface area contributed by atoms with E-state index in [9.17, 15) is 4.79 Å². The summed E-state index contributed by atoms with van der Waals surface area (Å²) in [4.78, 5) is 12.2. The molecule has 0 amide bonds. The first-order chi connectivity index (χ1) is 17.6. The molecule has 4 rings (SSSR count). The highest BCUT2D eigenvalue weighted by Crippen LogP contribution is 2.12. The van der Waals surface area contributed by atoms with Gasteiger partial charge in [-0.05, 0) is 43.4 Å². The second-order valence-electron chi connectivity index (χ2n) is 9.04. The summed E-state index contributed by atoms with van der Waals surface area (Å²) in [6, 6.07) is 15.9. The largest absolute Gasteiger partial charge is 0.508 e. The van der Waals surface area contributed by atoms with E-state index in [0.717, 1.165) is 54.7 Å². The van der Waals surface area contributed by atoms with Crippen molar-refractivity contribution in [1.29, 1.82) is 0 Å². The van der Waals surface area contributed by atoms with Gasteiger partial charge in [0.05, 0.1) is 19.6 Å². The van der Waals surface area contributed by atoms with Crippen LogP contribution in [0.4, 0.5) is 4.79 Å². The first kappa shape index (κ1) is 25.2. The van der Waals surface area contributed by atoms with Gasteiger partial charge in [-0.2, -0.15) is 0 Å². The Labute approximate surface area is 213 Å². The van der Waals surface area contributed by atoms with Gasteiger partial charge in [0, 0.05) is 5.56 Å². The van der Waals surface area contributed by atoms with Crippen LogP contribution in [-0.2, 0) is 48.9 Å². The Balaban J connectivity index is 1.23. The lowest BCUT2D eigenvalue weighted by Gasteiger charge is -2.10. The minimum absolute atomic E-state index is 0.182. The number of unbranched alkanes of at least 4 members (excludes halogenated alkanes) is 1. The van der Waals surface area contributed by atoms with Crippen molar-refractivity contribution < 1.29 is 23.4 Å². The van der Waals surface area contributed by atoms with Gasteiger partial charge in [0.1, 0.15) is 44.5 Å². The molecule has 4 aromatic rings. The topological polar surface area (TPSA) is 53.2 Å². The Morgan fingerprint density at radius 2 is 1.44 bits per heavy atom.